The van der Waals surface area contributed by atoms with Gasteiger partial charge in [0.15, 0.2) is 5.75 Å². The van der Waals surface area contributed by atoms with E-state index in [1.54, 1.807) is 24.3 Å². The molecule has 152 valence electrons. The normalized spacial score (nSPS) is 11.3. The maximum atomic E-state index is 11.7. The first-order valence-corrected chi connectivity index (χ1v) is 11.0. The monoisotopic (exact) mass is 465 g/mol. The number of benzene rings is 2. The zero-order valence-electron chi connectivity index (χ0n) is 14.8. The number of carboxylic acids is 1. The first-order chi connectivity index (χ1) is 13.1. The predicted octanol–water partition coefficient (Wildman–Crippen LogP) is 5.00. The van der Waals surface area contributed by atoms with Gasteiger partial charge in [-0.1, -0.05) is 34.8 Å². The van der Waals surface area contributed by atoms with Gasteiger partial charge in [0.1, 0.15) is 6.61 Å². The molecule has 28 heavy (non-hydrogen) atoms. The highest BCUT2D eigenvalue weighted by molar-refractivity contribution is 7.92. The van der Waals surface area contributed by atoms with E-state index in [4.69, 9.17) is 44.6 Å². The number of aryl methyl sites for hydroxylation is 1. The van der Waals surface area contributed by atoms with Crippen LogP contribution in [0.3, 0.4) is 0 Å². The minimum atomic E-state index is -3.44. The molecule has 2 aromatic carbocycles. The van der Waals surface area contributed by atoms with Crippen LogP contribution in [0.4, 0.5) is 5.69 Å². The van der Waals surface area contributed by atoms with E-state index in [9.17, 15) is 13.2 Å². The van der Waals surface area contributed by atoms with Crippen LogP contribution >= 0.6 is 34.8 Å². The predicted molar refractivity (Wildman–Crippen MR) is 111 cm³/mol. The fraction of sp³-hybridized carbons (Fsp3) is 0.278. The van der Waals surface area contributed by atoms with Crippen molar-refractivity contribution in [1.82, 2.24) is 0 Å². The van der Waals surface area contributed by atoms with Crippen molar-refractivity contribution in [3.05, 3.63) is 56.5 Å². The Kier molecular flexibility index (Phi) is 7.83. The van der Waals surface area contributed by atoms with E-state index in [2.05, 4.69) is 4.72 Å². The lowest BCUT2D eigenvalue weighted by Gasteiger charge is -2.13. The van der Waals surface area contributed by atoms with Crippen LogP contribution in [0.1, 0.15) is 24.5 Å². The van der Waals surface area contributed by atoms with Gasteiger partial charge < -0.3 is 9.84 Å². The maximum Gasteiger partial charge on any atom is 0.303 e. The average Bonchev–Trinajstić information content (AvgIpc) is 2.58. The lowest BCUT2D eigenvalue weighted by Crippen LogP contribution is -2.14. The number of rotatable bonds is 9. The van der Waals surface area contributed by atoms with E-state index in [0.717, 1.165) is 0 Å². The van der Waals surface area contributed by atoms with E-state index in [-0.39, 0.29) is 34.6 Å². The Bertz CT molecular complexity index is 956. The zero-order chi connectivity index (χ0) is 20.9. The van der Waals surface area contributed by atoms with Gasteiger partial charge >= 0.3 is 5.97 Å². The second kappa shape index (κ2) is 9.69. The van der Waals surface area contributed by atoms with Gasteiger partial charge in [0.2, 0.25) is 10.0 Å². The van der Waals surface area contributed by atoms with Crippen molar-refractivity contribution in [3.63, 3.8) is 0 Å². The largest absolute Gasteiger partial charge is 0.486 e. The maximum absolute atomic E-state index is 11.7. The second-order valence-corrected chi connectivity index (χ2v) is 9.19. The molecule has 0 aliphatic heterocycles. The summed E-state index contributed by atoms with van der Waals surface area (Å²) in [5.74, 6) is -0.730. The Morgan fingerprint density at radius 3 is 2.29 bits per heavy atom. The van der Waals surface area contributed by atoms with Gasteiger partial charge in [0.25, 0.3) is 0 Å². The minimum absolute atomic E-state index is 0.0359. The van der Waals surface area contributed by atoms with Gasteiger partial charge in [-0.3, -0.25) is 9.52 Å². The number of anilines is 1. The number of sulfonamides is 1. The zero-order valence-corrected chi connectivity index (χ0v) is 17.9. The molecule has 0 aliphatic rings. The minimum Gasteiger partial charge on any atom is -0.486 e. The first kappa shape index (κ1) is 22.6. The topological polar surface area (TPSA) is 92.7 Å². The number of halogens is 3. The van der Waals surface area contributed by atoms with Crippen LogP contribution in [0.25, 0.3) is 0 Å². The van der Waals surface area contributed by atoms with Crippen molar-refractivity contribution < 1.29 is 23.1 Å². The SMILES string of the molecule is CCS(=O)(=O)Nc1cc(Cl)cc(COc2c(Cl)cc(CCC(=O)O)cc2Cl)c1. The summed E-state index contributed by atoms with van der Waals surface area (Å²) in [4.78, 5) is 10.7. The van der Waals surface area contributed by atoms with Gasteiger partial charge in [-0.2, -0.15) is 0 Å². The van der Waals surface area contributed by atoms with Crippen molar-refractivity contribution in [2.24, 2.45) is 0 Å². The molecule has 0 aromatic heterocycles. The second-order valence-electron chi connectivity index (χ2n) is 5.92. The average molecular weight is 467 g/mol. The van der Waals surface area contributed by atoms with Crippen LogP contribution in [0.15, 0.2) is 30.3 Å². The van der Waals surface area contributed by atoms with Crippen molar-refractivity contribution in [2.45, 2.75) is 26.4 Å². The summed E-state index contributed by atoms with van der Waals surface area (Å²) in [5, 5.41) is 9.61. The molecule has 2 aromatic rings. The van der Waals surface area contributed by atoms with Crippen molar-refractivity contribution in [2.75, 3.05) is 10.5 Å². The van der Waals surface area contributed by atoms with Crippen molar-refractivity contribution >= 4 is 56.5 Å². The molecule has 0 fully saturated rings. The summed E-state index contributed by atoms with van der Waals surface area (Å²) in [6, 6.07) is 7.93. The highest BCUT2D eigenvalue weighted by atomic mass is 35.5. The van der Waals surface area contributed by atoms with Crippen LogP contribution in [0, 0.1) is 0 Å². The Hall–Kier alpha value is -1.67. The van der Waals surface area contributed by atoms with Crippen molar-refractivity contribution in [3.8, 4) is 5.75 Å². The van der Waals surface area contributed by atoms with Gasteiger partial charge in [-0.25, -0.2) is 8.42 Å². The summed E-state index contributed by atoms with van der Waals surface area (Å²) in [5.41, 5.74) is 1.63. The van der Waals surface area contributed by atoms with Crippen LogP contribution in [-0.4, -0.2) is 25.2 Å². The van der Waals surface area contributed by atoms with E-state index in [1.165, 1.54) is 13.0 Å². The molecule has 0 unspecified atom stereocenters. The number of carbonyl (C=O) groups is 1. The number of nitrogens with one attached hydrogen (secondary N) is 1. The van der Waals surface area contributed by atoms with Crippen molar-refractivity contribution in [1.29, 1.82) is 0 Å². The fourth-order valence-electron chi connectivity index (χ4n) is 2.35. The van der Waals surface area contributed by atoms with Crippen LogP contribution in [-0.2, 0) is 27.8 Å². The molecule has 0 heterocycles. The van der Waals surface area contributed by atoms with Gasteiger partial charge in [0.05, 0.1) is 21.5 Å². The Labute approximate surface area is 178 Å². The number of ether oxygens (including phenoxy) is 1. The highest BCUT2D eigenvalue weighted by Gasteiger charge is 2.13. The molecule has 0 radical (unpaired) electrons. The third-order valence-electron chi connectivity index (χ3n) is 3.68. The molecule has 0 saturated carbocycles. The van der Waals surface area contributed by atoms with Crippen LogP contribution in [0.2, 0.25) is 15.1 Å². The van der Waals surface area contributed by atoms with E-state index in [1.807, 2.05) is 0 Å². The third-order valence-corrected chi connectivity index (χ3v) is 5.77. The molecule has 0 bridgehead atoms. The molecule has 6 nitrogen and oxygen atoms in total. The molecule has 0 saturated heterocycles. The Morgan fingerprint density at radius 1 is 1.07 bits per heavy atom. The molecule has 0 aliphatic carbocycles. The molecule has 0 amide bonds. The van der Waals surface area contributed by atoms with Crippen LogP contribution in [0.5, 0.6) is 5.75 Å². The lowest BCUT2D eigenvalue weighted by atomic mass is 10.1. The molecule has 0 spiro atoms. The summed E-state index contributed by atoms with van der Waals surface area (Å²) in [7, 11) is -3.44. The van der Waals surface area contributed by atoms with E-state index in [0.29, 0.717) is 28.3 Å². The van der Waals surface area contributed by atoms with E-state index >= 15 is 0 Å². The fourth-order valence-corrected chi connectivity index (χ4v) is 3.87. The molecule has 0 atom stereocenters. The summed E-state index contributed by atoms with van der Waals surface area (Å²) < 4.78 is 31.6. The Balaban J connectivity index is 2.15. The summed E-state index contributed by atoms with van der Waals surface area (Å²) >= 11 is 18.5. The molecular formula is C18H18Cl3NO5S. The molecular weight excluding hydrogens is 449 g/mol. The third kappa shape index (κ3) is 6.74. The molecule has 10 heteroatoms. The number of hydrogen-bond acceptors (Lipinski definition) is 4. The number of carboxylic acid groups (broad SMARTS) is 1. The first-order valence-electron chi connectivity index (χ1n) is 8.22. The standard InChI is InChI=1S/C18H18Cl3NO5S/c1-2-28(25,26)22-14-6-12(5-13(19)9-14)10-27-18-15(20)7-11(8-16(18)21)3-4-17(23)24/h5-9,22H,2-4,10H2,1H3,(H,23,24). The van der Waals surface area contributed by atoms with Gasteiger partial charge in [-0.05, 0) is 54.8 Å². The molecule has 2 N–H and O–H groups in total. The number of hydrogen-bond donors (Lipinski definition) is 2. The smallest absolute Gasteiger partial charge is 0.303 e. The summed E-state index contributed by atoms with van der Waals surface area (Å²) in [6.07, 6.45) is 0.260. The molecule has 2 rings (SSSR count). The number of aliphatic carboxylic acids is 1. The lowest BCUT2D eigenvalue weighted by molar-refractivity contribution is -0.136. The van der Waals surface area contributed by atoms with Gasteiger partial charge in [0, 0.05) is 11.4 Å². The van der Waals surface area contributed by atoms with Crippen LogP contribution < -0.4 is 9.46 Å². The quantitative estimate of drug-likeness (QED) is 0.542. The highest BCUT2D eigenvalue weighted by Crippen LogP contribution is 2.35. The summed E-state index contributed by atoms with van der Waals surface area (Å²) in [6.45, 7) is 1.58. The van der Waals surface area contributed by atoms with E-state index < -0.39 is 16.0 Å². The van der Waals surface area contributed by atoms with Gasteiger partial charge in [-0.15, -0.1) is 0 Å². The Morgan fingerprint density at radius 2 is 1.71 bits per heavy atom.